The number of carbonyl (C=O) groups is 1. The number of aromatic nitrogens is 3. The number of anilines is 2. The molecule has 0 radical (unpaired) electrons. The third-order valence-electron chi connectivity index (χ3n) is 7.98. The molecule has 0 spiro atoms. The van der Waals surface area contributed by atoms with Crippen LogP contribution in [0.15, 0.2) is 48.7 Å². The Labute approximate surface area is 270 Å². The van der Waals surface area contributed by atoms with Crippen molar-refractivity contribution < 1.29 is 28.2 Å². The van der Waals surface area contributed by atoms with Gasteiger partial charge in [-0.15, -0.1) is 5.10 Å². The molecule has 12 heteroatoms. The van der Waals surface area contributed by atoms with E-state index in [0.717, 1.165) is 33.9 Å². The van der Waals surface area contributed by atoms with E-state index < -0.39 is 23.1 Å². The highest BCUT2D eigenvalue weighted by Crippen LogP contribution is 2.38. The first kappa shape index (κ1) is 32.6. The van der Waals surface area contributed by atoms with Crippen molar-refractivity contribution in [3.63, 3.8) is 0 Å². The molecule has 9 nitrogen and oxygen atoms in total. The molecule has 5 aromatic rings. The first-order valence-electron chi connectivity index (χ1n) is 14.4. The zero-order chi connectivity index (χ0) is 33.5. The summed E-state index contributed by atoms with van der Waals surface area (Å²) in [6.07, 6.45) is 1.80. The molecule has 3 N–H and O–H groups in total. The standard InChI is InChI=1S/C34H34ClF2N5O4/c1-17-18(2)31(27(46-7)14-24(17)34(4,5)44)40-33-39-28-11-9-21(16-42(28)41-33)20-8-10-23(26(13-20)45-6)32(43)38-15-22-12-25(35)30(37)19(3)29(22)36/h8-14,16,44H,15H2,1-7H3,(H,38,43)(H,40,41). The van der Waals surface area contributed by atoms with E-state index in [0.29, 0.717) is 28.8 Å². The minimum atomic E-state index is -1.04. The molecule has 0 aliphatic rings. The van der Waals surface area contributed by atoms with Gasteiger partial charge in [0.2, 0.25) is 5.95 Å². The van der Waals surface area contributed by atoms with Gasteiger partial charge >= 0.3 is 0 Å². The van der Waals surface area contributed by atoms with Crippen LogP contribution in [0.5, 0.6) is 11.5 Å². The molecule has 2 heterocycles. The maximum Gasteiger partial charge on any atom is 0.255 e. The number of hydrogen-bond donors (Lipinski definition) is 3. The van der Waals surface area contributed by atoms with Gasteiger partial charge in [-0.25, -0.2) is 13.3 Å². The van der Waals surface area contributed by atoms with Crippen molar-refractivity contribution in [2.24, 2.45) is 0 Å². The lowest BCUT2D eigenvalue weighted by molar-refractivity contribution is 0.0776. The molecule has 240 valence electrons. The Morgan fingerprint density at radius 2 is 1.65 bits per heavy atom. The second-order valence-electron chi connectivity index (χ2n) is 11.5. The van der Waals surface area contributed by atoms with Gasteiger partial charge in [0.1, 0.15) is 23.1 Å². The van der Waals surface area contributed by atoms with Gasteiger partial charge in [0, 0.05) is 29.4 Å². The zero-order valence-electron chi connectivity index (χ0n) is 26.5. The molecule has 3 aromatic carbocycles. The van der Waals surface area contributed by atoms with E-state index in [1.54, 1.807) is 49.9 Å². The molecule has 46 heavy (non-hydrogen) atoms. The minimum absolute atomic E-state index is 0.0673. The number of ether oxygens (including phenoxy) is 2. The SMILES string of the molecule is COc1cc(-c2ccc3nc(Nc4c(OC)cc(C(C)(C)O)c(C)c4C)nn3c2)ccc1C(=O)NCc1cc(Cl)c(F)c(C)c1F. The number of pyridine rings is 1. The molecule has 0 aliphatic heterocycles. The predicted molar refractivity (Wildman–Crippen MR) is 173 cm³/mol. The number of rotatable bonds is 9. The lowest BCUT2D eigenvalue weighted by Crippen LogP contribution is -2.24. The zero-order valence-corrected chi connectivity index (χ0v) is 27.2. The number of nitrogens with zero attached hydrogens (tertiary/aromatic N) is 3. The number of fused-ring (bicyclic) bond motifs is 1. The Kier molecular flexibility index (Phi) is 8.92. The largest absolute Gasteiger partial charge is 0.496 e. The second kappa shape index (κ2) is 12.6. The number of hydrogen-bond acceptors (Lipinski definition) is 7. The van der Waals surface area contributed by atoms with Crippen LogP contribution >= 0.6 is 11.6 Å². The highest BCUT2D eigenvalue weighted by atomic mass is 35.5. The molecule has 0 saturated heterocycles. The number of methoxy groups -OCH3 is 2. The first-order valence-corrected chi connectivity index (χ1v) is 14.7. The Morgan fingerprint density at radius 3 is 2.33 bits per heavy atom. The van der Waals surface area contributed by atoms with Crippen molar-refractivity contribution >= 4 is 34.8 Å². The van der Waals surface area contributed by atoms with E-state index in [-0.39, 0.29) is 28.3 Å². The van der Waals surface area contributed by atoms with Gasteiger partial charge in [0.15, 0.2) is 5.65 Å². The van der Waals surface area contributed by atoms with E-state index in [1.165, 1.54) is 14.0 Å². The number of nitrogens with one attached hydrogen (secondary N) is 2. The third-order valence-corrected chi connectivity index (χ3v) is 8.26. The molecular formula is C34H34ClF2N5O4. The van der Waals surface area contributed by atoms with Crippen molar-refractivity contribution in [2.75, 3.05) is 19.5 Å². The Morgan fingerprint density at radius 1 is 0.957 bits per heavy atom. The number of amides is 1. The van der Waals surface area contributed by atoms with Crippen molar-refractivity contribution in [1.29, 1.82) is 0 Å². The lowest BCUT2D eigenvalue weighted by atomic mass is 9.90. The fourth-order valence-electron chi connectivity index (χ4n) is 5.31. The average molecular weight is 650 g/mol. The molecule has 0 aliphatic carbocycles. The molecule has 5 rings (SSSR count). The van der Waals surface area contributed by atoms with Crippen LogP contribution < -0.4 is 20.1 Å². The number of carbonyl (C=O) groups excluding carboxylic acids is 1. The normalized spacial score (nSPS) is 11.5. The van der Waals surface area contributed by atoms with Crippen molar-refractivity contribution in [1.82, 2.24) is 19.9 Å². The van der Waals surface area contributed by atoms with Crippen LogP contribution in [0.2, 0.25) is 5.02 Å². The fraction of sp³-hybridized carbons (Fsp3) is 0.265. The van der Waals surface area contributed by atoms with Gasteiger partial charge in [-0.3, -0.25) is 4.79 Å². The summed E-state index contributed by atoms with van der Waals surface area (Å²) < 4.78 is 41.2. The summed E-state index contributed by atoms with van der Waals surface area (Å²) in [4.78, 5) is 17.6. The summed E-state index contributed by atoms with van der Waals surface area (Å²) in [7, 11) is 3.02. The highest BCUT2D eigenvalue weighted by Gasteiger charge is 2.24. The monoisotopic (exact) mass is 649 g/mol. The van der Waals surface area contributed by atoms with Crippen LogP contribution in [-0.2, 0) is 12.1 Å². The molecule has 0 bridgehead atoms. The van der Waals surface area contributed by atoms with Crippen molar-refractivity contribution in [2.45, 2.75) is 46.8 Å². The Hall–Kier alpha value is -4.74. The molecule has 0 atom stereocenters. The average Bonchev–Trinajstić information content (AvgIpc) is 3.44. The first-order chi connectivity index (χ1) is 21.7. The van der Waals surface area contributed by atoms with Gasteiger partial charge in [0.25, 0.3) is 5.91 Å². The molecular weight excluding hydrogens is 616 g/mol. The van der Waals surface area contributed by atoms with Crippen LogP contribution in [0.25, 0.3) is 16.8 Å². The van der Waals surface area contributed by atoms with Crippen LogP contribution in [0.3, 0.4) is 0 Å². The maximum absolute atomic E-state index is 14.5. The fourth-order valence-corrected chi connectivity index (χ4v) is 5.58. The second-order valence-corrected chi connectivity index (χ2v) is 11.9. The Bertz CT molecular complexity index is 1990. The quantitative estimate of drug-likeness (QED) is 0.145. The number of aliphatic hydroxyl groups is 1. The molecule has 2 aromatic heterocycles. The topological polar surface area (TPSA) is 110 Å². The maximum atomic E-state index is 14.5. The summed E-state index contributed by atoms with van der Waals surface area (Å²) in [6, 6.07) is 11.7. The van der Waals surface area contributed by atoms with Gasteiger partial charge < -0.3 is 25.2 Å². The van der Waals surface area contributed by atoms with E-state index in [2.05, 4.69) is 20.7 Å². The van der Waals surface area contributed by atoms with Gasteiger partial charge in [-0.1, -0.05) is 17.7 Å². The van der Waals surface area contributed by atoms with Crippen LogP contribution in [0.4, 0.5) is 20.4 Å². The Balaban J connectivity index is 1.38. The van der Waals surface area contributed by atoms with Crippen molar-refractivity contribution in [3.05, 3.63) is 98.7 Å². The third kappa shape index (κ3) is 6.20. The number of halogens is 3. The predicted octanol–water partition coefficient (Wildman–Crippen LogP) is 7.17. The minimum Gasteiger partial charge on any atom is -0.496 e. The summed E-state index contributed by atoms with van der Waals surface area (Å²) >= 11 is 5.86. The van der Waals surface area contributed by atoms with Crippen molar-refractivity contribution in [3.8, 4) is 22.6 Å². The van der Waals surface area contributed by atoms with Crippen LogP contribution in [0, 0.1) is 32.4 Å². The van der Waals surface area contributed by atoms with Gasteiger partial charge in [0.05, 0.1) is 36.1 Å². The van der Waals surface area contributed by atoms with Crippen LogP contribution in [-0.4, -0.2) is 39.8 Å². The van der Waals surface area contributed by atoms with E-state index in [9.17, 15) is 18.7 Å². The van der Waals surface area contributed by atoms with E-state index in [4.69, 9.17) is 21.1 Å². The summed E-state index contributed by atoms with van der Waals surface area (Å²) in [5.74, 6) is -0.881. The van der Waals surface area contributed by atoms with E-state index in [1.807, 2.05) is 32.0 Å². The molecule has 0 fully saturated rings. The smallest absolute Gasteiger partial charge is 0.255 e. The van der Waals surface area contributed by atoms with Gasteiger partial charge in [-0.2, -0.15) is 4.98 Å². The lowest BCUT2D eigenvalue weighted by Gasteiger charge is -2.25. The molecule has 0 saturated carbocycles. The molecule has 0 unspecified atom stereocenters. The van der Waals surface area contributed by atoms with Crippen LogP contribution in [0.1, 0.15) is 52.0 Å². The highest BCUT2D eigenvalue weighted by molar-refractivity contribution is 6.30. The summed E-state index contributed by atoms with van der Waals surface area (Å²) in [5.41, 5.74) is 4.47. The van der Waals surface area contributed by atoms with Gasteiger partial charge in [-0.05, 0) is 93.3 Å². The number of benzene rings is 3. The summed E-state index contributed by atoms with van der Waals surface area (Å²) in [6.45, 7) is 8.45. The summed E-state index contributed by atoms with van der Waals surface area (Å²) in [5, 5.41) is 20.9. The van der Waals surface area contributed by atoms with E-state index >= 15 is 0 Å². The molecule has 1 amide bonds.